The second kappa shape index (κ2) is 9.47. The van der Waals surface area contributed by atoms with E-state index in [1.54, 1.807) is 13.0 Å². The van der Waals surface area contributed by atoms with Gasteiger partial charge in [-0.1, -0.05) is 0 Å². The van der Waals surface area contributed by atoms with Crippen LogP contribution < -0.4 is 20.1 Å². The minimum atomic E-state index is -0.795. The summed E-state index contributed by atoms with van der Waals surface area (Å²) in [5.74, 6) is -1.52. The highest BCUT2D eigenvalue weighted by atomic mass is 32.1. The Morgan fingerprint density at radius 3 is 2.61 bits per heavy atom. The van der Waals surface area contributed by atoms with Crippen LogP contribution in [-0.4, -0.2) is 50.8 Å². The lowest BCUT2D eigenvalue weighted by atomic mass is 10.1. The second-order valence-electron chi connectivity index (χ2n) is 6.44. The van der Waals surface area contributed by atoms with Crippen molar-refractivity contribution in [2.24, 2.45) is 0 Å². The molecule has 0 atom stereocenters. The highest BCUT2D eigenvalue weighted by molar-refractivity contribution is 7.16. The Bertz CT molecular complexity index is 1050. The summed E-state index contributed by atoms with van der Waals surface area (Å²) >= 11 is 1.22. The van der Waals surface area contributed by atoms with Gasteiger partial charge >= 0.3 is 11.9 Å². The van der Waals surface area contributed by atoms with Gasteiger partial charge in [-0.05, 0) is 37.6 Å². The Hall–Kier alpha value is -3.60. The lowest BCUT2D eigenvalue weighted by molar-refractivity contribution is -0.146. The molecule has 3 rings (SSSR count). The zero-order valence-electron chi connectivity index (χ0n) is 17.0. The molecule has 31 heavy (non-hydrogen) atoms. The molecule has 2 aromatic rings. The maximum absolute atomic E-state index is 12.2. The number of aryl methyl sites for hydroxylation is 1. The molecule has 1 aliphatic heterocycles. The zero-order chi connectivity index (χ0) is 22.5. The van der Waals surface area contributed by atoms with Crippen molar-refractivity contribution < 1.29 is 38.1 Å². The van der Waals surface area contributed by atoms with Crippen LogP contribution in [0.4, 0.5) is 5.00 Å². The van der Waals surface area contributed by atoms with Gasteiger partial charge in [-0.25, -0.2) is 4.79 Å². The first kappa shape index (κ1) is 22.1. The average molecular weight is 448 g/mol. The molecule has 2 heterocycles. The number of carbonyl (C=O) groups excluding carboxylic acids is 4. The summed E-state index contributed by atoms with van der Waals surface area (Å²) < 4.78 is 20.0. The number of fused-ring (bicyclic) bond motifs is 1. The molecular formula is C20H20N2O8S. The molecule has 0 bridgehead atoms. The minimum absolute atomic E-state index is 0.0839. The minimum Gasteiger partial charge on any atom is -0.465 e. The van der Waals surface area contributed by atoms with Gasteiger partial charge < -0.3 is 29.6 Å². The molecule has 10 nitrogen and oxygen atoms in total. The van der Waals surface area contributed by atoms with Crippen LogP contribution in [0.25, 0.3) is 0 Å². The highest BCUT2D eigenvalue weighted by Crippen LogP contribution is 2.33. The van der Waals surface area contributed by atoms with Crippen molar-refractivity contribution in [3.63, 3.8) is 0 Å². The van der Waals surface area contributed by atoms with Crippen molar-refractivity contribution in [3.8, 4) is 11.5 Å². The molecule has 0 unspecified atom stereocenters. The Morgan fingerprint density at radius 2 is 1.87 bits per heavy atom. The number of rotatable bonds is 7. The van der Waals surface area contributed by atoms with Gasteiger partial charge in [-0.2, -0.15) is 0 Å². The fourth-order valence-corrected chi connectivity index (χ4v) is 3.78. The number of thiophene rings is 1. The maximum Gasteiger partial charge on any atom is 0.341 e. The molecule has 0 spiro atoms. The number of nitrogens with one attached hydrogen (secondary N) is 2. The van der Waals surface area contributed by atoms with E-state index in [1.807, 2.05) is 6.92 Å². The normalized spacial score (nSPS) is 11.6. The van der Waals surface area contributed by atoms with Gasteiger partial charge in [0.15, 0.2) is 18.1 Å². The number of carbonyl (C=O) groups is 4. The molecule has 164 valence electrons. The first-order valence-electron chi connectivity index (χ1n) is 9.11. The van der Waals surface area contributed by atoms with Crippen molar-refractivity contribution in [2.45, 2.75) is 13.8 Å². The number of methoxy groups -OCH3 is 1. The molecule has 1 aromatic heterocycles. The first-order chi connectivity index (χ1) is 14.8. The van der Waals surface area contributed by atoms with Crippen molar-refractivity contribution in [1.29, 1.82) is 0 Å². The Balaban J connectivity index is 1.48. The molecule has 0 aliphatic carbocycles. The lowest BCUT2D eigenvalue weighted by Crippen LogP contribution is -2.32. The quantitative estimate of drug-likeness (QED) is 0.614. The standard InChI is InChI=1S/C20H20N2O8S/c1-10-11(2)31-19(17(10)20(26)27-3)22-15(23)8-28-16(24)7-21-18(25)12-4-5-13-14(6-12)30-9-29-13/h4-6H,7-9H2,1-3H3,(H,21,25)(H,22,23). The summed E-state index contributed by atoms with van der Waals surface area (Å²) in [7, 11) is 1.25. The fourth-order valence-electron chi connectivity index (χ4n) is 2.71. The smallest absolute Gasteiger partial charge is 0.341 e. The van der Waals surface area contributed by atoms with E-state index in [9.17, 15) is 19.2 Å². The molecular weight excluding hydrogens is 428 g/mol. The van der Waals surface area contributed by atoms with Crippen LogP contribution in [0.2, 0.25) is 0 Å². The van der Waals surface area contributed by atoms with Gasteiger partial charge in [0.1, 0.15) is 11.5 Å². The fraction of sp³-hybridized carbons (Fsp3) is 0.300. The molecule has 11 heteroatoms. The topological polar surface area (TPSA) is 129 Å². The van der Waals surface area contributed by atoms with Gasteiger partial charge in [-0.15, -0.1) is 11.3 Å². The predicted octanol–water partition coefficient (Wildman–Crippen LogP) is 1.79. The maximum atomic E-state index is 12.2. The average Bonchev–Trinajstić information content (AvgIpc) is 3.33. The molecule has 0 fully saturated rings. The van der Waals surface area contributed by atoms with E-state index in [-0.39, 0.29) is 17.9 Å². The molecule has 0 saturated carbocycles. The number of amides is 2. The van der Waals surface area contributed by atoms with Gasteiger partial charge in [0, 0.05) is 10.4 Å². The van der Waals surface area contributed by atoms with Crippen LogP contribution in [0.3, 0.4) is 0 Å². The van der Waals surface area contributed by atoms with Gasteiger partial charge in [0.2, 0.25) is 6.79 Å². The number of esters is 2. The Kier molecular flexibility index (Phi) is 6.75. The summed E-state index contributed by atoms with van der Waals surface area (Å²) in [5, 5.41) is 5.27. The molecule has 2 amide bonds. The van der Waals surface area contributed by atoms with E-state index < -0.39 is 36.9 Å². The molecule has 0 radical (unpaired) electrons. The molecule has 1 aromatic carbocycles. The summed E-state index contributed by atoms with van der Waals surface area (Å²) in [4.78, 5) is 48.9. The van der Waals surface area contributed by atoms with Gasteiger partial charge in [0.25, 0.3) is 11.8 Å². The van der Waals surface area contributed by atoms with Gasteiger partial charge in [-0.3, -0.25) is 14.4 Å². The van der Waals surface area contributed by atoms with Crippen LogP contribution in [-0.2, 0) is 19.1 Å². The molecule has 1 aliphatic rings. The number of anilines is 1. The summed E-state index contributed by atoms with van der Waals surface area (Å²) in [5.41, 5.74) is 1.25. The largest absolute Gasteiger partial charge is 0.465 e. The third-order valence-corrected chi connectivity index (χ3v) is 5.54. The third kappa shape index (κ3) is 5.12. The lowest BCUT2D eigenvalue weighted by Gasteiger charge is -2.08. The van der Waals surface area contributed by atoms with Crippen LogP contribution in [0, 0.1) is 13.8 Å². The van der Waals surface area contributed by atoms with Gasteiger partial charge in [0.05, 0.1) is 12.7 Å². The van der Waals surface area contributed by atoms with Crippen molar-refractivity contribution in [3.05, 3.63) is 39.8 Å². The van der Waals surface area contributed by atoms with E-state index in [1.165, 1.54) is 30.6 Å². The predicted molar refractivity (Wildman–Crippen MR) is 110 cm³/mol. The summed E-state index contributed by atoms with van der Waals surface area (Å²) in [6, 6.07) is 4.63. The van der Waals surface area contributed by atoms with Crippen LogP contribution in [0.1, 0.15) is 31.2 Å². The number of hydrogen-bond donors (Lipinski definition) is 2. The van der Waals surface area contributed by atoms with E-state index in [4.69, 9.17) is 18.9 Å². The number of ether oxygens (including phenoxy) is 4. The monoisotopic (exact) mass is 448 g/mol. The second-order valence-corrected chi connectivity index (χ2v) is 7.66. The van der Waals surface area contributed by atoms with Crippen molar-refractivity contribution in [1.82, 2.24) is 5.32 Å². The molecule has 2 N–H and O–H groups in total. The summed E-state index contributed by atoms with van der Waals surface area (Å²) in [6.45, 7) is 2.64. The van der Waals surface area contributed by atoms with E-state index >= 15 is 0 Å². The Morgan fingerprint density at radius 1 is 1.13 bits per heavy atom. The first-order valence-corrected chi connectivity index (χ1v) is 9.93. The van der Waals surface area contributed by atoms with Crippen molar-refractivity contribution in [2.75, 3.05) is 32.4 Å². The third-order valence-electron chi connectivity index (χ3n) is 4.42. The zero-order valence-corrected chi connectivity index (χ0v) is 17.8. The van der Waals surface area contributed by atoms with Crippen molar-refractivity contribution >= 4 is 40.1 Å². The van der Waals surface area contributed by atoms with Crippen LogP contribution >= 0.6 is 11.3 Å². The Labute approximate surface area is 181 Å². The van der Waals surface area contributed by atoms with Crippen LogP contribution in [0.15, 0.2) is 18.2 Å². The summed E-state index contributed by atoms with van der Waals surface area (Å²) in [6.07, 6.45) is 0. The number of benzene rings is 1. The van der Waals surface area contributed by atoms with E-state index in [0.29, 0.717) is 22.1 Å². The van der Waals surface area contributed by atoms with E-state index in [0.717, 1.165) is 4.88 Å². The van der Waals surface area contributed by atoms with Crippen LogP contribution in [0.5, 0.6) is 11.5 Å². The van der Waals surface area contributed by atoms with E-state index in [2.05, 4.69) is 10.6 Å². The SMILES string of the molecule is COC(=O)c1c(NC(=O)COC(=O)CNC(=O)c2ccc3c(c2)OCO3)sc(C)c1C. The number of hydrogen-bond acceptors (Lipinski definition) is 9. The molecule has 0 saturated heterocycles. The highest BCUT2D eigenvalue weighted by Gasteiger charge is 2.22.